The van der Waals surface area contributed by atoms with Gasteiger partial charge in [-0.15, -0.1) is 10.2 Å². The molecule has 2 aromatic heterocycles. The highest BCUT2D eigenvalue weighted by atomic mass is 35.5. The Morgan fingerprint density at radius 2 is 2.00 bits per heavy atom. The number of halogens is 2. The van der Waals surface area contributed by atoms with Gasteiger partial charge in [-0.3, -0.25) is 4.40 Å². The van der Waals surface area contributed by atoms with Gasteiger partial charge in [0.05, 0.1) is 34.1 Å². The summed E-state index contributed by atoms with van der Waals surface area (Å²) in [4.78, 5) is 7.27. The molecule has 3 aromatic rings. The average molecular weight is 432 g/mol. The maximum Gasteiger partial charge on any atom is 0.204 e. The number of anilines is 1. The molecule has 2 saturated heterocycles. The molecule has 0 amide bonds. The Bertz CT molecular complexity index is 1070. The van der Waals surface area contributed by atoms with Crippen molar-refractivity contribution in [1.29, 1.82) is 0 Å². The molecule has 0 unspecified atom stereocenters. The maximum atomic E-state index is 6.50. The lowest BCUT2D eigenvalue weighted by atomic mass is 9.77. The van der Waals surface area contributed by atoms with Crippen LogP contribution in [0, 0.1) is 12.3 Å². The number of nitrogens with zero attached hydrogens (tertiary/aromatic N) is 5. The number of fused-ring (bicyclic) bond motifs is 1. The zero-order valence-corrected chi connectivity index (χ0v) is 18.0. The summed E-state index contributed by atoms with van der Waals surface area (Å²) in [5, 5.41) is 9.58. The van der Waals surface area contributed by atoms with Crippen LogP contribution in [0.4, 0.5) is 5.82 Å². The fraction of sp³-hybridized carbons (Fsp3) is 0.476. The molecule has 0 N–H and O–H groups in total. The number of aromatic nitrogens is 4. The second-order valence-electron chi connectivity index (χ2n) is 8.31. The van der Waals surface area contributed by atoms with Crippen LogP contribution in [0.15, 0.2) is 24.5 Å². The van der Waals surface area contributed by atoms with E-state index in [2.05, 4.69) is 22.0 Å². The highest BCUT2D eigenvalue weighted by Crippen LogP contribution is 2.43. The Hall–Kier alpha value is -1.89. The molecule has 2 fully saturated rings. The second kappa shape index (κ2) is 7.11. The van der Waals surface area contributed by atoms with E-state index in [4.69, 9.17) is 32.9 Å². The molecule has 5 rings (SSSR count). The van der Waals surface area contributed by atoms with E-state index in [1.54, 1.807) is 12.4 Å². The van der Waals surface area contributed by atoms with Gasteiger partial charge in [0.15, 0.2) is 5.82 Å². The third-order valence-electron chi connectivity index (χ3n) is 6.33. The molecule has 1 atom stereocenters. The standard InChI is InChI=1S/C21H23Cl2N5O/c1-13-10-21(11-29-13)6-8-27(9-7-21)19-20-26-24-12-28(20)18(14(2)25-19)15-4-3-5-16(22)17(15)23/h3-5,12-13H,6-11H2,1-2H3/t13-/m0/s1. The van der Waals surface area contributed by atoms with Crippen LogP contribution >= 0.6 is 23.2 Å². The van der Waals surface area contributed by atoms with Crippen molar-refractivity contribution in [3.05, 3.63) is 40.3 Å². The van der Waals surface area contributed by atoms with Crippen LogP contribution in [-0.4, -0.2) is 45.4 Å². The van der Waals surface area contributed by atoms with E-state index < -0.39 is 0 Å². The predicted octanol–water partition coefficient (Wildman–Crippen LogP) is 4.80. The molecule has 2 aliphatic heterocycles. The minimum Gasteiger partial charge on any atom is -0.378 e. The molecule has 4 heterocycles. The van der Waals surface area contributed by atoms with E-state index in [0.29, 0.717) is 21.6 Å². The molecular formula is C21H23Cl2N5O. The molecule has 0 saturated carbocycles. The Morgan fingerprint density at radius 1 is 1.21 bits per heavy atom. The van der Waals surface area contributed by atoms with Gasteiger partial charge in [-0.25, -0.2) is 4.98 Å². The Kier molecular flexibility index (Phi) is 4.68. The number of benzene rings is 1. The zero-order chi connectivity index (χ0) is 20.2. The van der Waals surface area contributed by atoms with Crippen LogP contribution in [0.5, 0.6) is 0 Å². The minimum atomic E-state index is 0.323. The van der Waals surface area contributed by atoms with Gasteiger partial charge in [0.2, 0.25) is 5.65 Å². The smallest absolute Gasteiger partial charge is 0.204 e. The summed E-state index contributed by atoms with van der Waals surface area (Å²) in [7, 11) is 0. The lowest BCUT2D eigenvalue weighted by Gasteiger charge is -2.39. The first kappa shape index (κ1) is 19.1. The van der Waals surface area contributed by atoms with E-state index in [-0.39, 0.29) is 0 Å². The summed E-state index contributed by atoms with van der Waals surface area (Å²) in [5.74, 6) is 0.878. The normalized spacial score (nSPS) is 21.4. The quantitative estimate of drug-likeness (QED) is 0.582. The van der Waals surface area contributed by atoms with Gasteiger partial charge in [0.25, 0.3) is 0 Å². The second-order valence-corrected chi connectivity index (χ2v) is 9.09. The molecule has 0 aliphatic carbocycles. The van der Waals surface area contributed by atoms with Gasteiger partial charge in [-0.05, 0) is 44.6 Å². The van der Waals surface area contributed by atoms with Crippen molar-refractivity contribution in [3.63, 3.8) is 0 Å². The molecule has 6 nitrogen and oxygen atoms in total. The Balaban J connectivity index is 1.53. The number of hydrogen-bond donors (Lipinski definition) is 0. The van der Waals surface area contributed by atoms with Crippen molar-refractivity contribution in [2.24, 2.45) is 5.41 Å². The third kappa shape index (κ3) is 3.18. The van der Waals surface area contributed by atoms with E-state index in [0.717, 1.165) is 67.4 Å². The van der Waals surface area contributed by atoms with Gasteiger partial charge < -0.3 is 9.64 Å². The summed E-state index contributed by atoms with van der Waals surface area (Å²) >= 11 is 12.8. The molecule has 152 valence electrons. The van der Waals surface area contributed by atoms with E-state index >= 15 is 0 Å². The van der Waals surface area contributed by atoms with E-state index in [1.807, 2.05) is 23.5 Å². The summed E-state index contributed by atoms with van der Waals surface area (Å²) in [6.07, 6.45) is 5.46. The minimum absolute atomic E-state index is 0.323. The lowest BCUT2D eigenvalue weighted by molar-refractivity contribution is 0.0976. The Morgan fingerprint density at radius 3 is 2.72 bits per heavy atom. The molecule has 29 heavy (non-hydrogen) atoms. The topological polar surface area (TPSA) is 55.5 Å². The maximum absolute atomic E-state index is 6.50. The van der Waals surface area contributed by atoms with E-state index in [1.165, 1.54) is 0 Å². The molecule has 2 aliphatic rings. The lowest BCUT2D eigenvalue weighted by Crippen LogP contribution is -2.41. The van der Waals surface area contributed by atoms with Crippen LogP contribution < -0.4 is 4.90 Å². The number of ether oxygens (including phenoxy) is 1. The van der Waals surface area contributed by atoms with Crippen molar-refractivity contribution in [1.82, 2.24) is 19.6 Å². The van der Waals surface area contributed by atoms with Gasteiger partial charge >= 0.3 is 0 Å². The first-order chi connectivity index (χ1) is 14.0. The summed E-state index contributed by atoms with van der Waals surface area (Å²) < 4.78 is 7.84. The number of aryl methyl sites for hydroxylation is 1. The van der Waals surface area contributed by atoms with Crippen LogP contribution in [0.3, 0.4) is 0 Å². The fourth-order valence-corrected chi connectivity index (χ4v) is 5.19. The van der Waals surface area contributed by atoms with Gasteiger partial charge in [-0.2, -0.15) is 0 Å². The first-order valence-corrected chi connectivity index (χ1v) is 10.7. The van der Waals surface area contributed by atoms with Crippen LogP contribution in [0.1, 0.15) is 31.9 Å². The van der Waals surface area contributed by atoms with Crippen molar-refractivity contribution >= 4 is 34.7 Å². The highest BCUT2D eigenvalue weighted by molar-refractivity contribution is 6.43. The molecule has 0 bridgehead atoms. The zero-order valence-electron chi connectivity index (χ0n) is 16.5. The summed E-state index contributed by atoms with van der Waals surface area (Å²) in [6.45, 7) is 6.94. The molecule has 1 aromatic carbocycles. The first-order valence-electron chi connectivity index (χ1n) is 9.99. The van der Waals surface area contributed by atoms with Crippen molar-refractivity contribution < 1.29 is 4.74 Å². The molecular weight excluding hydrogens is 409 g/mol. The van der Waals surface area contributed by atoms with Gasteiger partial charge in [-0.1, -0.05) is 35.3 Å². The van der Waals surface area contributed by atoms with E-state index in [9.17, 15) is 0 Å². The molecule has 1 spiro atoms. The highest BCUT2D eigenvalue weighted by Gasteiger charge is 2.41. The predicted molar refractivity (Wildman–Crippen MR) is 115 cm³/mol. The monoisotopic (exact) mass is 431 g/mol. The van der Waals surface area contributed by atoms with Crippen LogP contribution in [-0.2, 0) is 4.74 Å². The molecule has 8 heteroatoms. The largest absolute Gasteiger partial charge is 0.378 e. The van der Waals surface area contributed by atoms with Gasteiger partial charge in [0, 0.05) is 18.7 Å². The van der Waals surface area contributed by atoms with Crippen LogP contribution in [0.25, 0.3) is 16.9 Å². The number of piperidine rings is 1. The van der Waals surface area contributed by atoms with Crippen molar-refractivity contribution in [2.45, 2.75) is 39.2 Å². The van der Waals surface area contributed by atoms with Gasteiger partial charge in [0.1, 0.15) is 6.33 Å². The Labute approximate surface area is 179 Å². The van der Waals surface area contributed by atoms with Crippen molar-refractivity contribution in [2.75, 3.05) is 24.6 Å². The average Bonchev–Trinajstić information content (AvgIpc) is 3.32. The summed E-state index contributed by atoms with van der Waals surface area (Å²) in [6, 6.07) is 5.62. The third-order valence-corrected chi connectivity index (χ3v) is 7.15. The van der Waals surface area contributed by atoms with Crippen LogP contribution in [0.2, 0.25) is 10.0 Å². The van der Waals surface area contributed by atoms with Crippen molar-refractivity contribution in [3.8, 4) is 11.3 Å². The summed E-state index contributed by atoms with van der Waals surface area (Å²) in [5.41, 5.74) is 3.63. The SMILES string of the molecule is Cc1nc(N2CCC3(CC2)CO[C@@H](C)C3)c2nncn2c1-c1cccc(Cl)c1Cl. The molecule has 0 radical (unpaired) electrons. The fourth-order valence-electron chi connectivity index (χ4n) is 4.80. The number of hydrogen-bond acceptors (Lipinski definition) is 5. The number of rotatable bonds is 2.